The lowest BCUT2D eigenvalue weighted by Crippen LogP contribution is -2.52. The van der Waals surface area contributed by atoms with E-state index in [-0.39, 0.29) is 35.5 Å². The van der Waals surface area contributed by atoms with E-state index in [4.69, 9.17) is 5.11 Å². The molecule has 1 fully saturated rings. The molecule has 38 heavy (non-hydrogen) atoms. The summed E-state index contributed by atoms with van der Waals surface area (Å²) in [6, 6.07) is 16.8. The monoisotopic (exact) mass is 520 g/mol. The Kier molecular flexibility index (Phi) is 8.55. The fraction of sp³-hybridized carbons (Fsp3) is 0.250. The fourth-order valence-corrected chi connectivity index (χ4v) is 4.34. The van der Waals surface area contributed by atoms with E-state index in [0.717, 1.165) is 24.1 Å². The third-order valence-corrected chi connectivity index (χ3v) is 6.33. The van der Waals surface area contributed by atoms with Crippen LogP contribution in [0.15, 0.2) is 72.8 Å². The third kappa shape index (κ3) is 7.53. The number of aromatic hydroxyl groups is 1. The highest BCUT2D eigenvalue weighted by atomic mass is 19.1. The van der Waals surface area contributed by atoms with Crippen LogP contribution in [0, 0.1) is 5.82 Å². The minimum atomic E-state index is -1.07. The minimum absolute atomic E-state index is 0.0885. The molecule has 3 amide bonds. The molecule has 1 aliphatic rings. The Bertz CT molecular complexity index is 1270. The number of aromatic carboxylic acids is 1. The molecule has 9 nitrogen and oxygen atoms in total. The van der Waals surface area contributed by atoms with Crippen molar-refractivity contribution in [2.75, 3.05) is 18.4 Å². The van der Waals surface area contributed by atoms with Crippen LogP contribution in [0.2, 0.25) is 0 Å². The van der Waals surface area contributed by atoms with Gasteiger partial charge >= 0.3 is 12.0 Å². The maximum atomic E-state index is 13.3. The Morgan fingerprint density at radius 3 is 2.26 bits per heavy atom. The van der Waals surface area contributed by atoms with Crippen molar-refractivity contribution >= 4 is 23.6 Å². The van der Waals surface area contributed by atoms with Crippen molar-refractivity contribution < 1.29 is 29.0 Å². The summed E-state index contributed by atoms with van der Waals surface area (Å²) in [6.07, 6.45) is 0.935. The molecule has 3 aromatic rings. The first kappa shape index (κ1) is 26.6. The smallest absolute Gasteiger partial charge is 0.335 e. The van der Waals surface area contributed by atoms with Gasteiger partial charge in [0.25, 0.3) is 0 Å². The van der Waals surface area contributed by atoms with E-state index in [9.17, 15) is 23.9 Å². The Morgan fingerprint density at radius 1 is 0.947 bits per heavy atom. The van der Waals surface area contributed by atoms with Gasteiger partial charge in [0.05, 0.1) is 5.56 Å². The number of phenols is 1. The van der Waals surface area contributed by atoms with Crippen LogP contribution in [0.5, 0.6) is 5.75 Å². The molecule has 1 heterocycles. The molecule has 0 bridgehead atoms. The minimum Gasteiger partial charge on any atom is -0.508 e. The topological polar surface area (TPSA) is 131 Å². The van der Waals surface area contributed by atoms with Gasteiger partial charge in [-0.15, -0.1) is 0 Å². The summed E-state index contributed by atoms with van der Waals surface area (Å²) in [5, 5.41) is 27.0. The van der Waals surface area contributed by atoms with E-state index in [2.05, 4.69) is 20.9 Å². The van der Waals surface area contributed by atoms with Crippen molar-refractivity contribution in [3.8, 4) is 5.75 Å². The fourth-order valence-electron chi connectivity index (χ4n) is 4.34. The average Bonchev–Trinajstić information content (AvgIpc) is 3.33. The second-order valence-corrected chi connectivity index (χ2v) is 9.26. The van der Waals surface area contributed by atoms with Crippen LogP contribution in [0.1, 0.15) is 27.9 Å². The van der Waals surface area contributed by atoms with E-state index in [1.165, 1.54) is 48.5 Å². The summed E-state index contributed by atoms with van der Waals surface area (Å²) in [4.78, 5) is 39.2. The third-order valence-electron chi connectivity index (χ3n) is 6.33. The van der Waals surface area contributed by atoms with E-state index >= 15 is 0 Å². The van der Waals surface area contributed by atoms with Crippen LogP contribution in [0.4, 0.5) is 14.9 Å². The number of carboxylic acids is 1. The zero-order valence-electron chi connectivity index (χ0n) is 20.6. The number of carbonyl (C=O) groups excluding carboxylic acids is 2. The second kappa shape index (κ2) is 12.2. The number of nitrogens with one attached hydrogen (secondary N) is 3. The quantitative estimate of drug-likeness (QED) is 0.294. The molecular formula is C28H29FN4O5. The van der Waals surface area contributed by atoms with E-state index in [1.54, 1.807) is 24.3 Å². The zero-order valence-corrected chi connectivity index (χ0v) is 20.6. The average molecular weight is 521 g/mol. The van der Waals surface area contributed by atoms with Gasteiger partial charge in [0, 0.05) is 37.8 Å². The van der Waals surface area contributed by atoms with Crippen LogP contribution >= 0.6 is 0 Å². The van der Waals surface area contributed by atoms with Gasteiger partial charge in [0.1, 0.15) is 17.6 Å². The van der Waals surface area contributed by atoms with Crippen molar-refractivity contribution in [3.05, 3.63) is 95.3 Å². The summed E-state index contributed by atoms with van der Waals surface area (Å²) in [5.74, 6) is -1.61. The van der Waals surface area contributed by atoms with Crippen molar-refractivity contribution in [2.45, 2.75) is 31.5 Å². The number of benzene rings is 3. The normalized spacial score (nSPS) is 16.0. The van der Waals surface area contributed by atoms with Gasteiger partial charge in [0.2, 0.25) is 5.91 Å². The first-order valence-corrected chi connectivity index (χ1v) is 12.2. The Hall–Kier alpha value is -4.44. The standard InChI is InChI=1S/C28H29FN4O5/c29-21-7-1-19(2-8-21)16-33-14-13-23(17-33)30-26(35)25(15-18-3-11-24(34)12-4-18)32-28(38)31-22-9-5-20(6-10-22)27(36)37/h1-12,23,25,34H,13-17H2,(H,30,35)(H,36,37)(H2,31,32,38)/t23-,25-/m0/s1. The predicted octanol–water partition coefficient (Wildman–Crippen LogP) is 3.35. The number of rotatable bonds is 9. The second-order valence-electron chi connectivity index (χ2n) is 9.26. The van der Waals surface area contributed by atoms with Gasteiger partial charge in [-0.3, -0.25) is 9.69 Å². The Morgan fingerprint density at radius 2 is 1.61 bits per heavy atom. The summed E-state index contributed by atoms with van der Waals surface area (Å²) in [7, 11) is 0. The molecule has 0 saturated carbocycles. The molecule has 5 N–H and O–H groups in total. The molecule has 1 aliphatic heterocycles. The van der Waals surface area contributed by atoms with Crippen molar-refractivity contribution in [2.24, 2.45) is 0 Å². The molecule has 10 heteroatoms. The molecule has 1 saturated heterocycles. The van der Waals surface area contributed by atoms with Gasteiger partial charge in [-0.1, -0.05) is 24.3 Å². The number of amides is 3. The number of carboxylic acid groups (broad SMARTS) is 1. The summed E-state index contributed by atoms with van der Waals surface area (Å²) >= 11 is 0. The van der Waals surface area contributed by atoms with Crippen LogP contribution in [0.3, 0.4) is 0 Å². The van der Waals surface area contributed by atoms with Crippen LogP contribution < -0.4 is 16.0 Å². The molecule has 198 valence electrons. The summed E-state index contributed by atoms with van der Waals surface area (Å²) in [5.41, 5.74) is 2.20. The largest absolute Gasteiger partial charge is 0.508 e. The molecule has 0 radical (unpaired) electrons. The van der Waals surface area contributed by atoms with Crippen molar-refractivity contribution in [1.82, 2.24) is 15.5 Å². The number of phenolic OH excluding ortho intramolecular Hbond substituents is 1. The van der Waals surface area contributed by atoms with Gasteiger partial charge in [-0.25, -0.2) is 14.0 Å². The van der Waals surface area contributed by atoms with E-state index in [1.807, 2.05) is 0 Å². The zero-order chi connectivity index (χ0) is 27.1. The van der Waals surface area contributed by atoms with E-state index in [0.29, 0.717) is 18.8 Å². The molecular weight excluding hydrogens is 491 g/mol. The van der Waals surface area contributed by atoms with Gasteiger partial charge in [-0.2, -0.15) is 0 Å². The predicted molar refractivity (Wildman–Crippen MR) is 139 cm³/mol. The van der Waals surface area contributed by atoms with E-state index < -0.39 is 18.0 Å². The summed E-state index contributed by atoms with van der Waals surface area (Å²) < 4.78 is 13.2. The molecule has 0 aromatic heterocycles. The number of hydrogen-bond donors (Lipinski definition) is 5. The Balaban J connectivity index is 1.37. The maximum Gasteiger partial charge on any atom is 0.335 e. The van der Waals surface area contributed by atoms with Crippen LogP contribution in [-0.4, -0.2) is 58.2 Å². The SMILES string of the molecule is O=C(Nc1ccc(C(=O)O)cc1)N[C@@H](Cc1ccc(O)cc1)C(=O)N[C@H]1CCN(Cc2ccc(F)cc2)C1. The number of hydrogen-bond acceptors (Lipinski definition) is 5. The molecule has 0 aliphatic carbocycles. The summed E-state index contributed by atoms with van der Waals surface area (Å²) in [6.45, 7) is 2.04. The highest BCUT2D eigenvalue weighted by molar-refractivity contribution is 5.94. The number of nitrogens with zero attached hydrogens (tertiary/aromatic N) is 1. The molecule has 4 rings (SSSR count). The number of halogens is 1. The van der Waals surface area contributed by atoms with Crippen molar-refractivity contribution in [1.29, 1.82) is 0 Å². The molecule has 3 aromatic carbocycles. The molecule has 0 unspecified atom stereocenters. The first-order chi connectivity index (χ1) is 18.2. The number of urea groups is 1. The highest BCUT2D eigenvalue weighted by Gasteiger charge is 2.28. The maximum absolute atomic E-state index is 13.3. The van der Waals surface area contributed by atoms with Gasteiger partial charge in [0.15, 0.2) is 0 Å². The van der Waals surface area contributed by atoms with Crippen LogP contribution in [-0.2, 0) is 17.8 Å². The van der Waals surface area contributed by atoms with Crippen LogP contribution in [0.25, 0.3) is 0 Å². The lowest BCUT2D eigenvalue weighted by Gasteiger charge is -2.22. The lowest BCUT2D eigenvalue weighted by atomic mass is 10.0. The number of anilines is 1. The lowest BCUT2D eigenvalue weighted by molar-refractivity contribution is -0.123. The highest BCUT2D eigenvalue weighted by Crippen LogP contribution is 2.16. The van der Waals surface area contributed by atoms with Gasteiger partial charge in [-0.05, 0) is 66.1 Å². The first-order valence-electron chi connectivity index (χ1n) is 12.2. The Labute approximate surface area is 219 Å². The van der Waals surface area contributed by atoms with Crippen molar-refractivity contribution in [3.63, 3.8) is 0 Å². The van der Waals surface area contributed by atoms with Gasteiger partial charge < -0.3 is 26.2 Å². The molecule has 2 atom stereocenters. The molecule has 0 spiro atoms. The number of likely N-dealkylation sites (tertiary alicyclic amines) is 1. The number of carbonyl (C=O) groups is 3.